The highest BCUT2D eigenvalue weighted by molar-refractivity contribution is 5.78. The fourth-order valence-corrected chi connectivity index (χ4v) is 1.82. The Labute approximate surface area is 103 Å². The molecule has 17 heavy (non-hydrogen) atoms. The van der Waals surface area contributed by atoms with Crippen molar-refractivity contribution < 1.29 is 9.84 Å². The molecule has 1 aliphatic rings. The van der Waals surface area contributed by atoms with Crippen LogP contribution in [0.5, 0.6) is 0 Å². The second kappa shape index (κ2) is 8.27. The molecule has 0 aromatic carbocycles. The van der Waals surface area contributed by atoms with Gasteiger partial charge in [-0.15, -0.1) is 0 Å². The lowest BCUT2D eigenvalue weighted by atomic mass is 10.3. The SMILES string of the molecule is CCN=C(N)N1CCN(CCOCCO)CC1. The Balaban J connectivity index is 2.15. The van der Waals surface area contributed by atoms with Gasteiger partial charge in [0.25, 0.3) is 0 Å². The van der Waals surface area contributed by atoms with Crippen molar-refractivity contribution >= 4 is 5.96 Å². The predicted octanol–water partition coefficient (Wildman–Crippen LogP) is -1.05. The zero-order valence-corrected chi connectivity index (χ0v) is 10.6. The molecule has 100 valence electrons. The number of aliphatic hydroxyl groups is 1. The minimum Gasteiger partial charge on any atom is -0.394 e. The number of aliphatic imine (C=N–C) groups is 1. The van der Waals surface area contributed by atoms with Crippen molar-refractivity contribution in [1.29, 1.82) is 0 Å². The first-order valence-electron chi connectivity index (χ1n) is 6.23. The highest BCUT2D eigenvalue weighted by Gasteiger charge is 2.17. The van der Waals surface area contributed by atoms with Crippen LogP contribution in [0.2, 0.25) is 0 Å². The third-order valence-corrected chi connectivity index (χ3v) is 2.80. The molecule has 1 aliphatic heterocycles. The Hall–Kier alpha value is -0.850. The number of nitrogens with zero attached hydrogens (tertiary/aromatic N) is 3. The molecule has 3 N–H and O–H groups in total. The van der Waals surface area contributed by atoms with Crippen LogP contribution >= 0.6 is 0 Å². The fraction of sp³-hybridized carbons (Fsp3) is 0.909. The van der Waals surface area contributed by atoms with E-state index in [2.05, 4.69) is 14.8 Å². The fourth-order valence-electron chi connectivity index (χ4n) is 1.82. The summed E-state index contributed by atoms with van der Waals surface area (Å²) in [5, 5.41) is 8.58. The van der Waals surface area contributed by atoms with Gasteiger partial charge in [-0.05, 0) is 6.92 Å². The van der Waals surface area contributed by atoms with Crippen molar-refractivity contribution in [3.05, 3.63) is 0 Å². The summed E-state index contributed by atoms with van der Waals surface area (Å²) in [5.74, 6) is 0.656. The maximum absolute atomic E-state index is 8.58. The van der Waals surface area contributed by atoms with Gasteiger partial charge in [0.15, 0.2) is 5.96 Å². The first-order chi connectivity index (χ1) is 8.27. The molecule has 1 heterocycles. The van der Waals surface area contributed by atoms with Crippen LogP contribution in [0.3, 0.4) is 0 Å². The van der Waals surface area contributed by atoms with Crippen LogP contribution in [0, 0.1) is 0 Å². The average molecular weight is 244 g/mol. The summed E-state index contributed by atoms with van der Waals surface area (Å²) in [5.41, 5.74) is 5.85. The molecule has 0 saturated carbocycles. The Morgan fingerprint density at radius 1 is 1.29 bits per heavy atom. The lowest BCUT2D eigenvalue weighted by Crippen LogP contribution is -2.51. The molecular weight excluding hydrogens is 220 g/mol. The van der Waals surface area contributed by atoms with Crippen LogP contribution in [0.4, 0.5) is 0 Å². The number of nitrogens with two attached hydrogens (primary N) is 1. The predicted molar refractivity (Wildman–Crippen MR) is 68.1 cm³/mol. The first kappa shape index (κ1) is 14.2. The average Bonchev–Trinajstić information content (AvgIpc) is 2.36. The molecule has 1 fully saturated rings. The summed E-state index contributed by atoms with van der Waals surface area (Å²) in [6, 6.07) is 0. The molecule has 0 radical (unpaired) electrons. The van der Waals surface area contributed by atoms with Gasteiger partial charge in [0.1, 0.15) is 0 Å². The summed E-state index contributed by atoms with van der Waals surface area (Å²) in [4.78, 5) is 8.67. The van der Waals surface area contributed by atoms with Gasteiger partial charge < -0.3 is 20.5 Å². The van der Waals surface area contributed by atoms with E-state index < -0.39 is 0 Å². The largest absolute Gasteiger partial charge is 0.394 e. The number of piperazine rings is 1. The van der Waals surface area contributed by atoms with Crippen molar-refractivity contribution in [2.24, 2.45) is 10.7 Å². The quantitative estimate of drug-likeness (QED) is 0.354. The van der Waals surface area contributed by atoms with E-state index in [1.54, 1.807) is 0 Å². The first-order valence-corrected chi connectivity index (χ1v) is 6.23. The number of hydrogen-bond donors (Lipinski definition) is 2. The molecule has 0 unspecified atom stereocenters. The minimum absolute atomic E-state index is 0.0950. The van der Waals surface area contributed by atoms with E-state index in [0.717, 1.165) is 39.3 Å². The zero-order valence-electron chi connectivity index (χ0n) is 10.6. The third kappa shape index (κ3) is 5.34. The summed E-state index contributed by atoms with van der Waals surface area (Å²) >= 11 is 0. The molecule has 6 heteroatoms. The topological polar surface area (TPSA) is 74.3 Å². The second-order valence-electron chi connectivity index (χ2n) is 4.00. The van der Waals surface area contributed by atoms with Crippen LogP contribution in [-0.4, -0.2) is 80.0 Å². The molecule has 0 aliphatic carbocycles. The van der Waals surface area contributed by atoms with Gasteiger partial charge in [0, 0.05) is 39.3 Å². The summed E-state index contributed by atoms with van der Waals surface area (Å²) in [7, 11) is 0. The van der Waals surface area contributed by atoms with Gasteiger partial charge in [-0.25, -0.2) is 0 Å². The molecule has 1 rings (SSSR count). The Bertz CT molecular complexity index is 228. The molecule has 0 atom stereocenters. The highest BCUT2D eigenvalue weighted by atomic mass is 16.5. The van der Waals surface area contributed by atoms with Crippen molar-refractivity contribution in [3.63, 3.8) is 0 Å². The minimum atomic E-state index is 0.0950. The van der Waals surface area contributed by atoms with E-state index in [4.69, 9.17) is 15.6 Å². The normalized spacial score (nSPS) is 18.7. The zero-order chi connectivity index (χ0) is 12.5. The molecule has 0 bridgehead atoms. The van der Waals surface area contributed by atoms with Gasteiger partial charge >= 0.3 is 0 Å². The molecule has 0 aromatic rings. The molecular formula is C11H24N4O2. The molecule has 0 aromatic heterocycles. The maximum atomic E-state index is 8.58. The number of guanidine groups is 1. The van der Waals surface area contributed by atoms with Gasteiger partial charge in [0.2, 0.25) is 0 Å². The molecule has 0 spiro atoms. The van der Waals surface area contributed by atoms with Crippen LogP contribution < -0.4 is 5.73 Å². The van der Waals surface area contributed by atoms with Crippen molar-refractivity contribution in [2.45, 2.75) is 6.92 Å². The summed E-state index contributed by atoms with van der Waals surface area (Å²) in [6.45, 7) is 8.67. The van der Waals surface area contributed by atoms with E-state index in [0.29, 0.717) is 19.2 Å². The van der Waals surface area contributed by atoms with E-state index >= 15 is 0 Å². The van der Waals surface area contributed by atoms with E-state index in [-0.39, 0.29) is 6.61 Å². The van der Waals surface area contributed by atoms with Crippen molar-refractivity contribution in [3.8, 4) is 0 Å². The number of ether oxygens (including phenoxy) is 1. The summed E-state index contributed by atoms with van der Waals surface area (Å²) in [6.07, 6.45) is 0. The summed E-state index contributed by atoms with van der Waals surface area (Å²) < 4.78 is 5.24. The lowest BCUT2D eigenvalue weighted by molar-refractivity contribution is 0.0651. The van der Waals surface area contributed by atoms with Crippen LogP contribution in [0.15, 0.2) is 4.99 Å². The Kier molecular flexibility index (Phi) is 6.91. The van der Waals surface area contributed by atoms with Crippen LogP contribution in [-0.2, 0) is 4.74 Å². The smallest absolute Gasteiger partial charge is 0.191 e. The third-order valence-electron chi connectivity index (χ3n) is 2.80. The Morgan fingerprint density at radius 2 is 2.00 bits per heavy atom. The van der Waals surface area contributed by atoms with Crippen molar-refractivity contribution in [2.75, 3.05) is 59.1 Å². The van der Waals surface area contributed by atoms with E-state index in [1.165, 1.54) is 0 Å². The van der Waals surface area contributed by atoms with Gasteiger partial charge in [-0.2, -0.15) is 0 Å². The number of rotatable bonds is 6. The van der Waals surface area contributed by atoms with E-state index in [1.807, 2.05) is 6.92 Å². The lowest BCUT2D eigenvalue weighted by Gasteiger charge is -2.35. The van der Waals surface area contributed by atoms with Gasteiger partial charge in [-0.3, -0.25) is 9.89 Å². The van der Waals surface area contributed by atoms with Crippen LogP contribution in [0.25, 0.3) is 0 Å². The monoisotopic (exact) mass is 244 g/mol. The highest BCUT2D eigenvalue weighted by Crippen LogP contribution is 2.01. The van der Waals surface area contributed by atoms with Gasteiger partial charge in [-0.1, -0.05) is 0 Å². The second-order valence-corrected chi connectivity index (χ2v) is 4.00. The van der Waals surface area contributed by atoms with Gasteiger partial charge in [0.05, 0.1) is 19.8 Å². The standard InChI is InChI=1S/C11H24N4O2/c1-2-13-11(12)15-5-3-14(4-6-15)7-9-17-10-8-16/h16H,2-10H2,1H3,(H2,12,13). The maximum Gasteiger partial charge on any atom is 0.191 e. The van der Waals surface area contributed by atoms with Crippen LogP contribution in [0.1, 0.15) is 6.92 Å². The van der Waals surface area contributed by atoms with E-state index in [9.17, 15) is 0 Å². The molecule has 0 amide bonds. The number of hydrogen-bond acceptors (Lipinski definition) is 4. The number of aliphatic hydroxyl groups excluding tert-OH is 1. The molecule has 1 saturated heterocycles. The Morgan fingerprint density at radius 3 is 2.59 bits per heavy atom. The van der Waals surface area contributed by atoms with Crippen molar-refractivity contribution in [1.82, 2.24) is 9.80 Å². The molecule has 6 nitrogen and oxygen atoms in total.